The SMILES string of the molecule is CNC(=O)c1nc(C)c(C)c(N2CC[C@@H](NCc3[nH]ncc3C)C2)n1. The number of amides is 1. The van der Waals surface area contributed by atoms with Gasteiger partial charge in [-0.1, -0.05) is 0 Å². The molecule has 3 N–H and O–H groups in total. The molecular formula is C17H25N7O. The van der Waals surface area contributed by atoms with Crippen LogP contribution in [0.3, 0.4) is 0 Å². The second kappa shape index (κ2) is 7.18. The molecule has 0 radical (unpaired) electrons. The molecule has 8 nitrogen and oxygen atoms in total. The molecule has 0 bridgehead atoms. The molecule has 25 heavy (non-hydrogen) atoms. The number of rotatable bonds is 5. The van der Waals surface area contributed by atoms with Gasteiger partial charge in [0, 0.05) is 44.0 Å². The largest absolute Gasteiger partial charge is 0.355 e. The van der Waals surface area contributed by atoms with Gasteiger partial charge in [-0.25, -0.2) is 9.97 Å². The van der Waals surface area contributed by atoms with Crippen LogP contribution >= 0.6 is 0 Å². The van der Waals surface area contributed by atoms with E-state index in [1.807, 2.05) is 20.0 Å². The van der Waals surface area contributed by atoms with E-state index in [9.17, 15) is 4.79 Å². The number of aromatic nitrogens is 4. The Bertz CT molecular complexity index is 770. The lowest BCUT2D eigenvalue weighted by atomic mass is 10.2. The number of aromatic amines is 1. The average Bonchev–Trinajstić information content (AvgIpc) is 3.23. The Morgan fingerprint density at radius 2 is 2.16 bits per heavy atom. The molecule has 3 heterocycles. The highest BCUT2D eigenvalue weighted by atomic mass is 16.2. The molecule has 2 aromatic rings. The summed E-state index contributed by atoms with van der Waals surface area (Å²) < 4.78 is 0. The Morgan fingerprint density at radius 3 is 2.84 bits per heavy atom. The first kappa shape index (κ1) is 17.3. The van der Waals surface area contributed by atoms with Crippen molar-refractivity contribution >= 4 is 11.7 Å². The molecule has 0 spiro atoms. The number of H-pyrrole nitrogens is 1. The van der Waals surface area contributed by atoms with Gasteiger partial charge >= 0.3 is 0 Å². The van der Waals surface area contributed by atoms with E-state index in [4.69, 9.17) is 0 Å². The van der Waals surface area contributed by atoms with Crippen LogP contribution in [0.2, 0.25) is 0 Å². The minimum absolute atomic E-state index is 0.227. The summed E-state index contributed by atoms with van der Waals surface area (Å²) in [6.45, 7) is 8.51. The third kappa shape index (κ3) is 3.63. The summed E-state index contributed by atoms with van der Waals surface area (Å²) in [7, 11) is 1.59. The van der Waals surface area contributed by atoms with Crippen LogP contribution in [0.25, 0.3) is 0 Å². The summed E-state index contributed by atoms with van der Waals surface area (Å²) in [6.07, 6.45) is 2.87. The van der Waals surface area contributed by atoms with Crippen molar-refractivity contribution in [3.63, 3.8) is 0 Å². The summed E-state index contributed by atoms with van der Waals surface area (Å²) in [5.41, 5.74) is 4.15. The van der Waals surface area contributed by atoms with E-state index in [2.05, 4.69) is 42.6 Å². The fourth-order valence-corrected chi connectivity index (χ4v) is 3.05. The van der Waals surface area contributed by atoms with Gasteiger partial charge in [0.05, 0.1) is 11.9 Å². The van der Waals surface area contributed by atoms with Crippen molar-refractivity contribution in [2.45, 2.75) is 39.8 Å². The van der Waals surface area contributed by atoms with Crippen molar-refractivity contribution in [2.75, 3.05) is 25.0 Å². The monoisotopic (exact) mass is 343 g/mol. The molecule has 1 atom stereocenters. The number of anilines is 1. The maximum atomic E-state index is 11.9. The number of carbonyl (C=O) groups is 1. The van der Waals surface area contributed by atoms with Crippen LogP contribution in [0.5, 0.6) is 0 Å². The van der Waals surface area contributed by atoms with Crippen LogP contribution in [0.15, 0.2) is 6.20 Å². The zero-order chi connectivity index (χ0) is 18.0. The molecule has 1 aliphatic heterocycles. The molecular weight excluding hydrogens is 318 g/mol. The molecule has 1 amide bonds. The van der Waals surface area contributed by atoms with Gasteiger partial charge in [-0.05, 0) is 32.8 Å². The van der Waals surface area contributed by atoms with Gasteiger partial charge in [0.25, 0.3) is 5.91 Å². The Morgan fingerprint density at radius 1 is 1.36 bits per heavy atom. The van der Waals surface area contributed by atoms with Gasteiger partial charge in [-0.2, -0.15) is 5.10 Å². The van der Waals surface area contributed by atoms with E-state index in [1.54, 1.807) is 7.05 Å². The Hall–Kier alpha value is -2.48. The van der Waals surface area contributed by atoms with E-state index < -0.39 is 0 Å². The van der Waals surface area contributed by atoms with Gasteiger partial charge < -0.3 is 15.5 Å². The molecule has 0 aliphatic carbocycles. The number of hydrogen-bond donors (Lipinski definition) is 3. The molecule has 1 aliphatic rings. The van der Waals surface area contributed by atoms with Gasteiger partial charge in [0.2, 0.25) is 5.82 Å². The van der Waals surface area contributed by atoms with Crippen molar-refractivity contribution in [1.29, 1.82) is 0 Å². The predicted molar refractivity (Wildman–Crippen MR) is 95.7 cm³/mol. The normalized spacial score (nSPS) is 17.1. The molecule has 0 unspecified atom stereocenters. The topological polar surface area (TPSA) is 98.8 Å². The summed E-state index contributed by atoms with van der Waals surface area (Å²) in [5.74, 6) is 0.825. The Labute approximate surface area is 147 Å². The van der Waals surface area contributed by atoms with Crippen molar-refractivity contribution in [3.8, 4) is 0 Å². The van der Waals surface area contributed by atoms with Crippen LogP contribution < -0.4 is 15.5 Å². The highest BCUT2D eigenvalue weighted by Gasteiger charge is 2.26. The van der Waals surface area contributed by atoms with Crippen LogP contribution in [0, 0.1) is 20.8 Å². The average molecular weight is 343 g/mol. The molecule has 8 heteroatoms. The lowest BCUT2D eigenvalue weighted by molar-refractivity contribution is 0.0952. The molecule has 0 aromatic carbocycles. The minimum atomic E-state index is -0.257. The van der Waals surface area contributed by atoms with Crippen LogP contribution in [-0.4, -0.2) is 52.3 Å². The first-order valence-electron chi connectivity index (χ1n) is 8.54. The number of hydrogen-bond acceptors (Lipinski definition) is 6. The molecule has 1 saturated heterocycles. The molecule has 2 aromatic heterocycles. The lowest BCUT2D eigenvalue weighted by Gasteiger charge is -2.21. The second-order valence-corrected chi connectivity index (χ2v) is 6.50. The second-order valence-electron chi connectivity index (χ2n) is 6.50. The fourth-order valence-electron chi connectivity index (χ4n) is 3.05. The smallest absolute Gasteiger partial charge is 0.288 e. The summed E-state index contributed by atoms with van der Waals surface area (Å²) in [5, 5.41) is 13.2. The van der Waals surface area contributed by atoms with Crippen LogP contribution in [0.4, 0.5) is 5.82 Å². The third-order valence-corrected chi connectivity index (χ3v) is 4.78. The van der Waals surface area contributed by atoms with Crippen molar-refractivity contribution in [1.82, 2.24) is 30.8 Å². The molecule has 1 fully saturated rings. The van der Waals surface area contributed by atoms with Gasteiger partial charge in [-0.15, -0.1) is 0 Å². The van der Waals surface area contributed by atoms with Crippen molar-refractivity contribution in [3.05, 3.63) is 34.5 Å². The minimum Gasteiger partial charge on any atom is -0.355 e. The van der Waals surface area contributed by atoms with Gasteiger partial charge in [-0.3, -0.25) is 9.89 Å². The van der Waals surface area contributed by atoms with E-state index in [-0.39, 0.29) is 11.7 Å². The summed E-state index contributed by atoms with van der Waals surface area (Å²) >= 11 is 0. The van der Waals surface area contributed by atoms with Gasteiger partial charge in [0.15, 0.2) is 0 Å². The third-order valence-electron chi connectivity index (χ3n) is 4.78. The lowest BCUT2D eigenvalue weighted by Crippen LogP contribution is -2.33. The number of nitrogens with zero attached hydrogens (tertiary/aromatic N) is 4. The highest BCUT2D eigenvalue weighted by Crippen LogP contribution is 2.24. The first-order chi connectivity index (χ1) is 12.0. The number of carbonyl (C=O) groups excluding carboxylic acids is 1. The van der Waals surface area contributed by atoms with Gasteiger partial charge in [0.1, 0.15) is 5.82 Å². The maximum absolute atomic E-state index is 11.9. The number of aryl methyl sites for hydroxylation is 2. The van der Waals surface area contributed by atoms with E-state index in [0.29, 0.717) is 6.04 Å². The highest BCUT2D eigenvalue weighted by molar-refractivity contribution is 5.90. The van der Waals surface area contributed by atoms with E-state index in [1.165, 1.54) is 5.56 Å². The molecule has 3 rings (SSSR count). The predicted octanol–water partition coefficient (Wildman–Crippen LogP) is 0.853. The van der Waals surface area contributed by atoms with E-state index >= 15 is 0 Å². The Kier molecular flexibility index (Phi) is 4.98. The molecule has 0 saturated carbocycles. The fraction of sp³-hybridized carbons (Fsp3) is 0.529. The zero-order valence-electron chi connectivity index (χ0n) is 15.2. The quantitative estimate of drug-likeness (QED) is 0.744. The maximum Gasteiger partial charge on any atom is 0.288 e. The van der Waals surface area contributed by atoms with Crippen molar-refractivity contribution in [2.24, 2.45) is 0 Å². The molecule has 134 valence electrons. The zero-order valence-corrected chi connectivity index (χ0v) is 15.2. The first-order valence-corrected chi connectivity index (χ1v) is 8.54. The number of nitrogens with one attached hydrogen (secondary N) is 3. The van der Waals surface area contributed by atoms with E-state index in [0.717, 1.165) is 48.8 Å². The standard InChI is InChI=1S/C17H25N7O/c1-10-7-20-23-14(10)8-19-13-5-6-24(9-13)16-11(2)12(3)21-15(22-16)17(25)18-4/h7,13,19H,5-6,8-9H2,1-4H3,(H,18,25)(H,20,23)/t13-/m1/s1. The van der Waals surface area contributed by atoms with Crippen LogP contribution in [0.1, 0.15) is 39.6 Å². The summed E-state index contributed by atoms with van der Waals surface area (Å²) in [6, 6.07) is 0.376. The Balaban J connectivity index is 1.70. The van der Waals surface area contributed by atoms with Crippen LogP contribution in [-0.2, 0) is 6.54 Å². The summed E-state index contributed by atoms with van der Waals surface area (Å²) in [4.78, 5) is 22.9. The van der Waals surface area contributed by atoms with Crippen molar-refractivity contribution < 1.29 is 4.79 Å².